The van der Waals surface area contributed by atoms with Crippen LogP contribution in [0.2, 0.25) is 5.02 Å². The number of aliphatic hydroxyl groups excluding tert-OH is 3. The van der Waals surface area contributed by atoms with Crippen LogP contribution in [0.3, 0.4) is 0 Å². The van der Waals surface area contributed by atoms with Gasteiger partial charge in [0.2, 0.25) is 17.7 Å². The molecule has 1 saturated carbocycles. The molecule has 2 aliphatic heterocycles. The molecule has 16 nitrogen and oxygen atoms in total. The Hall–Kier alpha value is -3.22. The zero-order valence-corrected chi connectivity index (χ0v) is 28.4. The number of hydrogen-bond donors (Lipinski definition) is 8. The van der Waals surface area contributed by atoms with Gasteiger partial charge in [0, 0.05) is 19.0 Å². The van der Waals surface area contributed by atoms with Gasteiger partial charge in [-0.05, 0) is 74.5 Å². The van der Waals surface area contributed by atoms with Crippen LogP contribution in [0.25, 0.3) is 0 Å². The van der Waals surface area contributed by atoms with Gasteiger partial charge in [-0.15, -0.1) is 0 Å². The van der Waals surface area contributed by atoms with E-state index in [1.165, 1.54) is 21.9 Å². The summed E-state index contributed by atoms with van der Waals surface area (Å²) in [6.07, 6.45) is -0.879. The fourth-order valence-corrected chi connectivity index (χ4v) is 7.62. The van der Waals surface area contributed by atoms with Crippen molar-refractivity contribution in [2.24, 2.45) is 17.6 Å². The number of carbonyl (C=O) groups excluding carboxylic acids is 3. The molecule has 3 fully saturated rings. The largest absolute Gasteiger partial charge is 0.446 e. The number of nitrogens with two attached hydrogens (primary N) is 1. The molecule has 2 heterocycles. The summed E-state index contributed by atoms with van der Waals surface area (Å²) in [7, 11) is -4.82. The van der Waals surface area contributed by atoms with Crippen LogP contribution in [0.1, 0.15) is 64.4 Å². The average Bonchev–Trinajstić information content (AvgIpc) is 3.36. The van der Waals surface area contributed by atoms with Gasteiger partial charge >= 0.3 is 10.4 Å². The molecule has 18 heteroatoms. The van der Waals surface area contributed by atoms with Crippen molar-refractivity contribution in [3.05, 3.63) is 28.8 Å². The first kappa shape index (κ1) is 37.6. The first-order valence-electron chi connectivity index (χ1n) is 16.0. The lowest BCUT2D eigenvalue weighted by atomic mass is 9.83. The van der Waals surface area contributed by atoms with E-state index in [2.05, 4.69) is 14.8 Å². The Kier molecular flexibility index (Phi) is 12.2. The molecule has 1 aromatic carbocycles. The smallest absolute Gasteiger partial charge is 0.393 e. The SMILES string of the molecule is CC(C)C[C@@H](NC(=O)[C@H](O)Cc1ccc(OS(=O)(=O)O)c(Cl)c1)C(=O)N1[C@H](C(=O)N[C@H]2CCCN(C(=N)N)[C@@H]2O)C[C@@H]2CC[C@@H](O)C[C@@H]21. The van der Waals surface area contributed by atoms with E-state index in [1.807, 2.05) is 13.8 Å². The van der Waals surface area contributed by atoms with Crippen LogP contribution in [0, 0.1) is 17.2 Å². The molecule has 0 bridgehead atoms. The second-order valence-electron chi connectivity index (χ2n) is 13.2. The molecule has 4 rings (SSSR count). The number of nitrogens with zero attached hydrogens (tertiary/aromatic N) is 2. The highest BCUT2D eigenvalue weighted by atomic mass is 35.5. The Labute approximate surface area is 284 Å². The summed E-state index contributed by atoms with van der Waals surface area (Å²) in [6.45, 7) is 4.07. The molecule has 0 spiro atoms. The first-order valence-corrected chi connectivity index (χ1v) is 17.7. The molecular formula is C30H45ClN6O10S. The highest BCUT2D eigenvalue weighted by molar-refractivity contribution is 7.81. The lowest BCUT2D eigenvalue weighted by molar-refractivity contribution is -0.146. The zero-order chi connectivity index (χ0) is 35.5. The lowest BCUT2D eigenvalue weighted by Crippen LogP contribution is -2.62. The van der Waals surface area contributed by atoms with E-state index in [0.29, 0.717) is 44.2 Å². The van der Waals surface area contributed by atoms with E-state index in [-0.39, 0.29) is 47.8 Å². The maximum atomic E-state index is 14.3. The Morgan fingerprint density at radius 3 is 2.50 bits per heavy atom. The number of aliphatic hydroxyl groups is 3. The standard InChI is InChI=1S/C30H45ClN6O10S/c1-15(2)10-21(35-27(41)24(39)12-16-5-8-25(19(31)11-16)47-48(44,45)46)29(43)37-22-14-18(38)7-6-17(22)13-23(37)26(40)34-20-4-3-9-36(28(20)42)30(32)33/h5,8,11,15,17-18,20-24,28,38-39,42H,3-4,6-7,9-10,12-14H2,1-2H3,(H3,32,33)(H,34,40)(H,35,41)(H,44,45,46)/t17-,18+,20-,21+,22-,23-,24+,28+/m0/s1. The number of halogens is 1. The zero-order valence-electron chi connectivity index (χ0n) is 26.8. The number of carbonyl (C=O) groups is 3. The minimum absolute atomic E-state index is 0.0726. The third-order valence-electron chi connectivity index (χ3n) is 9.18. The van der Waals surface area contributed by atoms with Crippen LogP contribution in [0.4, 0.5) is 0 Å². The fraction of sp³-hybridized carbons (Fsp3) is 0.667. The minimum Gasteiger partial charge on any atom is -0.393 e. The van der Waals surface area contributed by atoms with E-state index >= 15 is 0 Å². The number of piperidine rings is 1. The minimum atomic E-state index is -4.82. The van der Waals surface area contributed by atoms with Gasteiger partial charge in [-0.25, -0.2) is 0 Å². The molecule has 0 radical (unpaired) electrons. The van der Waals surface area contributed by atoms with E-state index in [1.54, 1.807) is 0 Å². The highest BCUT2D eigenvalue weighted by Gasteiger charge is 2.51. The number of guanidine groups is 1. The Bertz CT molecular complexity index is 1480. The number of hydrogen-bond acceptors (Lipinski definition) is 10. The van der Waals surface area contributed by atoms with Gasteiger partial charge in [-0.1, -0.05) is 31.5 Å². The van der Waals surface area contributed by atoms with E-state index in [9.17, 15) is 38.1 Å². The molecule has 0 unspecified atom stereocenters. The molecular weight excluding hydrogens is 672 g/mol. The molecule has 268 valence electrons. The number of fused-ring (bicyclic) bond motifs is 1. The van der Waals surface area contributed by atoms with Crippen molar-refractivity contribution >= 4 is 45.7 Å². The predicted octanol–water partition coefficient (Wildman–Crippen LogP) is -0.121. The molecule has 3 aliphatic rings. The first-order chi connectivity index (χ1) is 22.4. The average molecular weight is 717 g/mol. The van der Waals surface area contributed by atoms with Crippen molar-refractivity contribution in [1.29, 1.82) is 5.41 Å². The number of nitrogens with one attached hydrogen (secondary N) is 3. The van der Waals surface area contributed by atoms with Gasteiger partial charge in [0.25, 0.3) is 0 Å². The summed E-state index contributed by atoms with van der Waals surface area (Å²) in [4.78, 5) is 44.1. The van der Waals surface area contributed by atoms with Crippen LogP contribution in [-0.2, 0) is 31.2 Å². The van der Waals surface area contributed by atoms with Crippen LogP contribution < -0.4 is 20.6 Å². The summed E-state index contributed by atoms with van der Waals surface area (Å²) in [5.74, 6) is -2.71. The molecule has 3 amide bonds. The van der Waals surface area contributed by atoms with Gasteiger partial charge in [-0.3, -0.25) is 24.3 Å². The Morgan fingerprint density at radius 2 is 1.88 bits per heavy atom. The number of amides is 3. The summed E-state index contributed by atoms with van der Waals surface area (Å²) in [5.41, 5.74) is 5.94. The van der Waals surface area contributed by atoms with E-state index < -0.39 is 70.7 Å². The van der Waals surface area contributed by atoms with Crippen molar-refractivity contribution in [3.63, 3.8) is 0 Å². The molecule has 1 aromatic rings. The summed E-state index contributed by atoms with van der Waals surface area (Å²) < 4.78 is 35.3. The van der Waals surface area contributed by atoms with E-state index in [4.69, 9.17) is 27.3 Å². The van der Waals surface area contributed by atoms with Gasteiger partial charge in [0.05, 0.1) is 17.2 Å². The van der Waals surface area contributed by atoms with Gasteiger partial charge in [0.15, 0.2) is 11.7 Å². The quantitative estimate of drug-likeness (QED) is 0.0847. The maximum Gasteiger partial charge on any atom is 0.446 e. The Balaban J connectivity index is 1.52. The topological polar surface area (TPSA) is 256 Å². The molecule has 9 N–H and O–H groups in total. The number of likely N-dealkylation sites (tertiary alicyclic amines) is 2. The molecule has 2 saturated heterocycles. The van der Waals surface area contributed by atoms with Crippen molar-refractivity contribution in [3.8, 4) is 5.75 Å². The fourth-order valence-electron chi connectivity index (χ4n) is 6.96. The second kappa shape index (κ2) is 15.6. The second-order valence-corrected chi connectivity index (χ2v) is 14.7. The normalized spacial score (nSPS) is 27.2. The Morgan fingerprint density at radius 1 is 1.17 bits per heavy atom. The van der Waals surface area contributed by atoms with Crippen molar-refractivity contribution < 1.29 is 46.9 Å². The van der Waals surface area contributed by atoms with Crippen LogP contribution in [0.15, 0.2) is 18.2 Å². The third-order valence-corrected chi connectivity index (χ3v) is 9.87. The maximum absolute atomic E-state index is 14.3. The van der Waals surface area contributed by atoms with E-state index in [0.717, 1.165) is 6.07 Å². The third kappa shape index (κ3) is 9.26. The van der Waals surface area contributed by atoms with Gasteiger partial charge in [0.1, 0.15) is 24.4 Å². The van der Waals surface area contributed by atoms with Crippen LogP contribution in [0.5, 0.6) is 5.75 Å². The van der Waals surface area contributed by atoms with Gasteiger partial charge in [-0.2, -0.15) is 8.42 Å². The summed E-state index contributed by atoms with van der Waals surface area (Å²) >= 11 is 6.04. The summed E-state index contributed by atoms with van der Waals surface area (Å²) in [5, 5.41) is 45.1. The summed E-state index contributed by atoms with van der Waals surface area (Å²) in [6, 6.07) is 0.491. The number of benzene rings is 1. The monoisotopic (exact) mass is 716 g/mol. The highest BCUT2D eigenvalue weighted by Crippen LogP contribution is 2.41. The lowest BCUT2D eigenvalue weighted by Gasteiger charge is -2.40. The van der Waals surface area contributed by atoms with Crippen molar-refractivity contribution in [1.82, 2.24) is 20.4 Å². The molecule has 0 aromatic heterocycles. The predicted molar refractivity (Wildman–Crippen MR) is 173 cm³/mol. The number of rotatable bonds is 11. The van der Waals surface area contributed by atoms with Gasteiger partial charge < -0.3 is 45.7 Å². The van der Waals surface area contributed by atoms with Crippen molar-refractivity contribution in [2.45, 2.75) is 108 Å². The molecule has 1 aliphatic carbocycles. The molecule has 8 atom stereocenters. The van der Waals surface area contributed by atoms with Crippen LogP contribution in [-0.4, -0.2) is 111 Å². The van der Waals surface area contributed by atoms with Crippen molar-refractivity contribution in [2.75, 3.05) is 6.54 Å². The van der Waals surface area contributed by atoms with Crippen LogP contribution >= 0.6 is 11.6 Å². The molecule has 48 heavy (non-hydrogen) atoms.